The van der Waals surface area contributed by atoms with Gasteiger partial charge in [0.2, 0.25) is 11.1 Å². The van der Waals surface area contributed by atoms with Crippen molar-refractivity contribution >= 4 is 35.0 Å². The molecule has 0 unspecified atom stereocenters. The number of nitrogens with two attached hydrogens (primary N) is 1. The van der Waals surface area contributed by atoms with Crippen LogP contribution in [0.25, 0.3) is 11.4 Å². The number of nitrogens with one attached hydrogen (secondary N) is 2. The minimum Gasteiger partial charge on any atom is -0.494 e. The number of pyridine rings is 1. The SMILES string of the molecule is CCOc1ccc(NC(=O)c2ccc(NC(=O)CSc3nnc(-c4cccnc4)n3N)cc2)cc1. The molecule has 0 fully saturated rings. The van der Waals surface area contributed by atoms with Crippen molar-refractivity contribution in [1.29, 1.82) is 0 Å². The van der Waals surface area contributed by atoms with Gasteiger partial charge in [0.05, 0.1) is 12.4 Å². The third kappa shape index (κ3) is 6.15. The number of carbonyl (C=O) groups is 2. The molecule has 0 bridgehead atoms. The summed E-state index contributed by atoms with van der Waals surface area (Å²) in [5.74, 6) is 6.85. The Kier molecular flexibility index (Phi) is 7.58. The molecule has 4 rings (SSSR count). The number of amides is 2. The van der Waals surface area contributed by atoms with E-state index in [0.717, 1.165) is 23.1 Å². The highest BCUT2D eigenvalue weighted by Gasteiger charge is 2.14. The van der Waals surface area contributed by atoms with Crippen LogP contribution in [0, 0.1) is 0 Å². The average molecular weight is 490 g/mol. The van der Waals surface area contributed by atoms with E-state index in [1.165, 1.54) is 4.68 Å². The van der Waals surface area contributed by atoms with Crippen LogP contribution in [0.5, 0.6) is 5.75 Å². The first-order valence-corrected chi connectivity index (χ1v) is 11.7. The molecule has 2 aromatic heterocycles. The van der Waals surface area contributed by atoms with Gasteiger partial charge in [-0.3, -0.25) is 14.6 Å². The predicted octanol–water partition coefficient (Wildman–Crippen LogP) is 3.44. The van der Waals surface area contributed by atoms with Gasteiger partial charge in [-0.15, -0.1) is 10.2 Å². The number of rotatable bonds is 9. The van der Waals surface area contributed by atoms with E-state index in [-0.39, 0.29) is 17.6 Å². The molecule has 11 heteroatoms. The molecule has 0 saturated carbocycles. The van der Waals surface area contributed by atoms with Crippen molar-refractivity contribution in [3.8, 4) is 17.1 Å². The van der Waals surface area contributed by atoms with E-state index in [0.29, 0.717) is 34.5 Å². The monoisotopic (exact) mass is 489 g/mol. The molecule has 178 valence electrons. The smallest absolute Gasteiger partial charge is 0.255 e. The van der Waals surface area contributed by atoms with Crippen LogP contribution in [0.1, 0.15) is 17.3 Å². The van der Waals surface area contributed by atoms with Crippen LogP contribution in [0.3, 0.4) is 0 Å². The van der Waals surface area contributed by atoms with Crippen LogP contribution in [0.2, 0.25) is 0 Å². The standard InChI is InChI=1S/C24H23N7O3S/c1-2-34-20-11-9-19(10-12-20)28-23(33)16-5-7-18(8-6-16)27-21(32)15-35-24-30-29-22(31(24)25)17-4-3-13-26-14-17/h3-14H,2,15,25H2,1H3,(H,27,32)(H,28,33). The Morgan fingerprint density at radius 2 is 1.71 bits per heavy atom. The quantitative estimate of drug-likeness (QED) is 0.240. The molecule has 0 spiro atoms. The van der Waals surface area contributed by atoms with Crippen molar-refractivity contribution in [3.05, 3.63) is 78.6 Å². The number of hydrogen-bond acceptors (Lipinski definition) is 8. The van der Waals surface area contributed by atoms with Crippen molar-refractivity contribution < 1.29 is 14.3 Å². The first-order chi connectivity index (χ1) is 17.0. The molecule has 0 aliphatic rings. The van der Waals surface area contributed by atoms with Crippen LogP contribution < -0.4 is 21.2 Å². The zero-order valence-corrected chi connectivity index (χ0v) is 19.7. The fraction of sp³-hybridized carbons (Fsp3) is 0.125. The van der Waals surface area contributed by atoms with Gasteiger partial charge in [-0.2, -0.15) is 0 Å². The van der Waals surface area contributed by atoms with Crippen molar-refractivity contribution in [2.75, 3.05) is 28.8 Å². The number of thioether (sulfide) groups is 1. The zero-order chi connectivity index (χ0) is 24.6. The summed E-state index contributed by atoms with van der Waals surface area (Å²) in [6, 6.07) is 17.4. The Morgan fingerprint density at radius 1 is 1.00 bits per heavy atom. The lowest BCUT2D eigenvalue weighted by molar-refractivity contribution is -0.113. The molecular weight excluding hydrogens is 466 g/mol. The molecule has 0 aliphatic carbocycles. The zero-order valence-electron chi connectivity index (χ0n) is 18.8. The average Bonchev–Trinajstić information content (AvgIpc) is 3.25. The molecule has 2 amide bonds. The largest absolute Gasteiger partial charge is 0.494 e. The van der Waals surface area contributed by atoms with Crippen molar-refractivity contribution in [2.45, 2.75) is 12.1 Å². The Hall–Kier alpha value is -4.38. The van der Waals surface area contributed by atoms with Gasteiger partial charge >= 0.3 is 0 Å². The van der Waals surface area contributed by atoms with Crippen LogP contribution >= 0.6 is 11.8 Å². The van der Waals surface area contributed by atoms with Gasteiger partial charge < -0.3 is 21.2 Å². The maximum absolute atomic E-state index is 12.5. The normalized spacial score (nSPS) is 10.5. The summed E-state index contributed by atoms with van der Waals surface area (Å²) in [6.07, 6.45) is 3.29. The molecule has 10 nitrogen and oxygen atoms in total. The summed E-state index contributed by atoms with van der Waals surface area (Å²) >= 11 is 1.16. The van der Waals surface area contributed by atoms with Crippen LogP contribution in [-0.4, -0.2) is 44.0 Å². The summed E-state index contributed by atoms with van der Waals surface area (Å²) < 4.78 is 6.72. The fourth-order valence-electron chi connectivity index (χ4n) is 3.10. The van der Waals surface area contributed by atoms with E-state index in [4.69, 9.17) is 10.6 Å². The van der Waals surface area contributed by atoms with E-state index in [1.54, 1.807) is 67.0 Å². The van der Waals surface area contributed by atoms with Gasteiger partial charge in [0.1, 0.15) is 5.75 Å². The van der Waals surface area contributed by atoms with Gasteiger partial charge in [0.15, 0.2) is 5.82 Å². The van der Waals surface area contributed by atoms with E-state index in [2.05, 4.69) is 25.8 Å². The number of ether oxygens (including phenoxy) is 1. The predicted molar refractivity (Wildman–Crippen MR) is 135 cm³/mol. The van der Waals surface area contributed by atoms with Gasteiger partial charge in [0.25, 0.3) is 5.91 Å². The summed E-state index contributed by atoms with van der Waals surface area (Å²) in [4.78, 5) is 28.9. The molecule has 4 aromatic rings. The molecule has 0 saturated heterocycles. The molecule has 35 heavy (non-hydrogen) atoms. The Morgan fingerprint density at radius 3 is 2.40 bits per heavy atom. The second kappa shape index (κ2) is 11.2. The van der Waals surface area contributed by atoms with Gasteiger partial charge in [-0.05, 0) is 67.6 Å². The maximum Gasteiger partial charge on any atom is 0.255 e. The van der Waals surface area contributed by atoms with Crippen molar-refractivity contribution in [2.24, 2.45) is 0 Å². The first kappa shape index (κ1) is 23.8. The molecule has 0 aliphatic heterocycles. The van der Waals surface area contributed by atoms with E-state index < -0.39 is 0 Å². The molecule has 4 N–H and O–H groups in total. The molecule has 2 heterocycles. The van der Waals surface area contributed by atoms with E-state index in [1.807, 2.05) is 13.0 Å². The summed E-state index contributed by atoms with van der Waals surface area (Å²) in [6.45, 7) is 2.49. The van der Waals surface area contributed by atoms with Crippen LogP contribution in [-0.2, 0) is 4.79 Å². The van der Waals surface area contributed by atoms with Crippen molar-refractivity contribution in [1.82, 2.24) is 19.9 Å². The van der Waals surface area contributed by atoms with Gasteiger partial charge in [-0.25, -0.2) is 4.68 Å². The first-order valence-electron chi connectivity index (χ1n) is 10.7. The summed E-state index contributed by atoms with van der Waals surface area (Å²) in [5, 5.41) is 14.1. The maximum atomic E-state index is 12.5. The Bertz CT molecular complexity index is 1290. The molecule has 0 radical (unpaired) electrons. The summed E-state index contributed by atoms with van der Waals surface area (Å²) in [7, 11) is 0. The minimum absolute atomic E-state index is 0.0857. The van der Waals surface area contributed by atoms with Gasteiger partial charge in [-0.1, -0.05) is 11.8 Å². The Labute approximate surface area is 205 Å². The van der Waals surface area contributed by atoms with E-state index >= 15 is 0 Å². The number of aromatic nitrogens is 4. The molecule has 2 aromatic carbocycles. The second-order valence-electron chi connectivity index (χ2n) is 7.24. The second-order valence-corrected chi connectivity index (χ2v) is 8.19. The topological polar surface area (TPSA) is 137 Å². The third-order valence-corrected chi connectivity index (χ3v) is 5.71. The highest BCUT2D eigenvalue weighted by molar-refractivity contribution is 7.99. The number of hydrogen-bond donors (Lipinski definition) is 3. The minimum atomic E-state index is -0.255. The van der Waals surface area contributed by atoms with Crippen molar-refractivity contribution in [3.63, 3.8) is 0 Å². The fourth-order valence-corrected chi connectivity index (χ4v) is 3.76. The lowest BCUT2D eigenvalue weighted by atomic mass is 10.2. The lowest BCUT2D eigenvalue weighted by Gasteiger charge is -2.09. The number of benzene rings is 2. The van der Waals surface area contributed by atoms with Crippen LogP contribution in [0.4, 0.5) is 11.4 Å². The third-order valence-electron chi connectivity index (χ3n) is 4.77. The van der Waals surface area contributed by atoms with E-state index in [9.17, 15) is 9.59 Å². The number of nitrogen functional groups attached to an aromatic ring is 1. The number of anilines is 2. The molecule has 0 atom stereocenters. The highest BCUT2D eigenvalue weighted by atomic mass is 32.2. The number of nitrogens with zero attached hydrogens (tertiary/aromatic N) is 4. The lowest BCUT2D eigenvalue weighted by Crippen LogP contribution is -2.17. The highest BCUT2D eigenvalue weighted by Crippen LogP contribution is 2.21. The molecular formula is C24H23N7O3S. The van der Waals surface area contributed by atoms with Crippen LogP contribution in [0.15, 0.2) is 78.2 Å². The Balaban J connectivity index is 1.29. The summed E-state index contributed by atoms with van der Waals surface area (Å²) in [5.41, 5.74) is 2.42. The van der Waals surface area contributed by atoms with Gasteiger partial charge in [0, 0.05) is 34.9 Å². The number of carbonyl (C=O) groups excluding carboxylic acids is 2.